The molecular weight excluding hydrogens is 381 g/mol. The second kappa shape index (κ2) is 8.88. The maximum atomic E-state index is 13.7. The van der Waals surface area contributed by atoms with Crippen LogP contribution in [0.5, 0.6) is 5.75 Å². The Morgan fingerprint density at radius 2 is 2.03 bits per heavy atom. The van der Waals surface area contributed by atoms with Crippen LogP contribution in [0.1, 0.15) is 35.7 Å². The third-order valence-corrected chi connectivity index (χ3v) is 5.97. The molecule has 0 spiro atoms. The number of halogens is 1. The van der Waals surface area contributed by atoms with E-state index in [0.29, 0.717) is 6.54 Å². The van der Waals surface area contributed by atoms with E-state index < -0.39 is 0 Å². The quantitative estimate of drug-likeness (QED) is 0.617. The number of nitrogens with one attached hydrogen (secondary N) is 2. The van der Waals surface area contributed by atoms with E-state index in [9.17, 15) is 9.18 Å². The van der Waals surface area contributed by atoms with Crippen LogP contribution >= 0.6 is 0 Å². The fourth-order valence-electron chi connectivity index (χ4n) is 4.38. The standard InChI is InChI=1S/C24H28FN3O2/c1-16-20(21-13-18(25)8-9-22(21)27-16)14-24(29)26-15-23(28-10-3-4-11-28)17-6-5-7-19(12-17)30-2/h5-9,12-13,23,27H,3-4,10-11,14-15H2,1-2H3,(H,26,29)/t23-/m0/s1. The highest BCUT2D eigenvalue weighted by Crippen LogP contribution is 2.27. The number of rotatable bonds is 7. The third kappa shape index (κ3) is 4.33. The van der Waals surface area contributed by atoms with Gasteiger partial charge in [-0.3, -0.25) is 9.69 Å². The molecule has 0 aliphatic carbocycles. The molecule has 1 atom stereocenters. The third-order valence-electron chi connectivity index (χ3n) is 5.97. The lowest BCUT2D eigenvalue weighted by atomic mass is 10.0. The monoisotopic (exact) mass is 409 g/mol. The Bertz CT molecular complexity index is 1040. The first-order valence-electron chi connectivity index (χ1n) is 10.5. The number of fused-ring (bicyclic) bond motifs is 1. The van der Waals surface area contributed by atoms with Crippen molar-refractivity contribution in [3.8, 4) is 5.75 Å². The van der Waals surface area contributed by atoms with Crippen LogP contribution in [0.25, 0.3) is 10.9 Å². The SMILES string of the molecule is COc1cccc([C@H](CNC(=O)Cc2c(C)[nH]c3ccc(F)cc23)N2CCCC2)c1. The minimum Gasteiger partial charge on any atom is -0.497 e. The Morgan fingerprint density at radius 3 is 2.80 bits per heavy atom. The van der Waals surface area contributed by atoms with Gasteiger partial charge in [0.15, 0.2) is 0 Å². The first-order chi connectivity index (χ1) is 14.5. The molecule has 1 amide bonds. The number of hydrogen-bond acceptors (Lipinski definition) is 3. The van der Waals surface area contributed by atoms with Crippen LogP contribution in [0, 0.1) is 12.7 Å². The summed E-state index contributed by atoms with van der Waals surface area (Å²) < 4.78 is 19.1. The van der Waals surface area contributed by atoms with Gasteiger partial charge >= 0.3 is 0 Å². The van der Waals surface area contributed by atoms with Crippen molar-refractivity contribution in [3.05, 3.63) is 65.1 Å². The smallest absolute Gasteiger partial charge is 0.224 e. The van der Waals surface area contributed by atoms with Gasteiger partial charge in [0.05, 0.1) is 19.6 Å². The summed E-state index contributed by atoms with van der Waals surface area (Å²) in [6.45, 7) is 4.50. The number of carbonyl (C=O) groups is 1. The van der Waals surface area contributed by atoms with E-state index in [0.717, 1.165) is 46.6 Å². The Kier molecular flexibility index (Phi) is 6.04. The molecule has 0 radical (unpaired) electrons. The highest BCUT2D eigenvalue weighted by molar-refractivity contribution is 5.90. The summed E-state index contributed by atoms with van der Waals surface area (Å²) in [5.41, 5.74) is 3.74. The van der Waals surface area contributed by atoms with Gasteiger partial charge in [0, 0.05) is 23.1 Å². The Hall–Kier alpha value is -2.86. The van der Waals surface area contributed by atoms with Crippen LogP contribution in [0.4, 0.5) is 4.39 Å². The number of amides is 1. The van der Waals surface area contributed by atoms with Crippen molar-refractivity contribution in [1.29, 1.82) is 0 Å². The van der Waals surface area contributed by atoms with E-state index in [-0.39, 0.29) is 24.2 Å². The minimum absolute atomic E-state index is 0.0599. The molecule has 0 bridgehead atoms. The van der Waals surface area contributed by atoms with Crippen molar-refractivity contribution < 1.29 is 13.9 Å². The average Bonchev–Trinajstić information content (AvgIpc) is 3.37. The average molecular weight is 410 g/mol. The number of likely N-dealkylation sites (tertiary alicyclic amines) is 1. The Morgan fingerprint density at radius 1 is 1.23 bits per heavy atom. The van der Waals surface area contributed by atoms with Gasteiger partial charge in [-0.15, -0.1) is 0 Å². The molecule has 5 nitrogen and oxygen atoms in total. The van der Waals surface area contributed by atoms with Gasteiger partial charge in [0.1, 0.15) is 11.6 Å². The van der Waals surface area contributed by atoms with Crippen LogP contribution < -0.4 is 10.1 Å². The largest absolute Gasteiger partial charge is 0.497 e. The molecule has 0 saturated carbocycles. The van der Waals surface area contributed by atoms with Crippen molar-refractivity contribution >= 4 is 16.8 Å². The number of nitrogens with zero attached hydrogens (tertiary/aromatic N) is 1. The van der Waals surface area contributed by atoms with Gasteiger partial charge < -0.3 is 15.0 Å². The maximum absolute atomic E-state index is 13.7. The molecule has 1 saturated heterocycles. The van der Waals surface area contributed by atoms with Gasteiger partial charge in [0.25, 0.3) is 0 Å². The Balaban J connectivity index is 1.49. The zero-order chi connectivity index (χ0) is 21.1. The number of methoxy groups -OCH3 is 1. The second-order valence-electron chi connectivity index (χ2n) is 7.93. The molecule has 158 valence electrons. The van der Waals surface area contributed by atoms with E-state index in [1.807, 2.05) is 25.1 Å². The number of H-pyrrole nitrogens is 1. The molecule has 4 rings (SSSR count). The molecule has 1 aromatic heterocycles. The van der Waals surface area contributed by atoms with E-state index in [1.165, 1.54) is 25.0 Å². The number of benzene rings is 2. The lowest BCUT2D eigenvalue weighted by molar-refractivity contribution is -0.120. The fourth-order valence-corrected chi connectivity index (χ4v) is 4.38. The summed E-state index contributed by atoms with van der Waals surface area (Å²) in [5, 5.41) is 3.88. The minimum atomic E-state index is -0.296. The van der Waals surface area contributed by atoms with Gasteiger partial charge in [0.2, 0.25) is 5.91 Å². The predicted molar refractivity (Wildman–Crippen MR) is 116 cm³/mol. The molecule has 2 heterocycles. The van der Waals surface area contributed by atoms with E-state index >= 15 is 0 Å². The topological polar surface area (TPSA) is 57.4 Å². The predicted octanol–water partition coefficient (Wildman–Crippen LogP) is 4.12. The summed E-state index contributed by atoms with van der Waals surface area (Å²) in [7, 11) is 1.66. The number of carbonyl (C=O) groups excluding carboxylic acids is 1. The molecule has 1 aliphatic rings. The van der Waals surface area contributed by atoms with E-state index in [2.05, 4.69) is 21.3 Å². The lowest BCUT2D eigenvalue weighted by Gasteiger charge is -2.28. The van der Waals surface area contributed by atoms with E-state index in [1.54, 1.807) is 13.2 Å². The lowest BCUT2D eigenvalue weighted by Crippen LogP contribution is -2.37. The van der Waals surface area contributed by atoms with Crippen molar-refractivity contribution in [1.82, 2.24) is 15.2 Å². The first kappa shape index (κ1) is 20.4. The van der Waals surface area contributed by atoms with E-state index in [4.69, 9.17) is 4.74 Å². The summed E-state index contributed by atoms with van der Waals surface area (Å²) in [5.74, 6) is 0.463. The molecule has 3 aromatic rings. The molecule has 1 aliphatic heterocycles. The van der Waals surface area contributed by atoms with Crippen LogP contribution in [-0.2, 0) is 11.2 Å². The molecule has 1 fully saturated rings. The summed E-state index contributed by atoms with van der Waals surface area (Å²) in [6, 6.07) is 12.8. The molecule has 2 aromatic carbocycles. The maximum Gasteiger partial charge on any atom is 0.224 e. The summed E-state index contributed by atoms with van der Waals surface area (Å²) in [4.78, 5) is 18.5. The number of ether oxygens (including phenoxy) is 1. The van der Waals surface area contributed by atoms with Gasteiger partial charge in [-0.1, -0.05) is 12.1 Å². The number of hydrogen-bond donors (Lipinski definition) is 2. The van der Waals surface area contributed by atoms with Crippen LogP contribution in [0.15, 0.2) is 42.5 Å². The van der Waals surface area contributed by atoms with Crippen molar-refractivity contribution in [2.45, 2.75) is 32.2 Å². The van der Waals surface area contributed by atoms with Crippen molar-refractivity contribution in [2.75, 3.05) is 26.7 Å². The zero-order valence-corrected chi connectivity index (χ0v) is 17.5. The summed E-state index contributed by atoms with van der Waals surface area (Å²) in [6.07, 6.45) is 2.57. The van der Waals surface area contributed by atoms with Gasteiger partial charge in [-0.05, 0) is 74.3 Å². The molecule has 2 N–H and O–H groups in total. The second-order valence-corrected chi connectivity index (χ2v) is 7.93. The van der Waals surface area contributed by atoms with Crippen LogP contribution in [0.3, 0.4) is 0 Å². The van der Waals surface area contributed by atoms with Gasteiger partial charge in [-0.2, -0.15) is 0 Å². The van der Waals surface area contributed by atoms with Crippen LogP contribution in [-0.4, -0.2) is 42.5 Å². The number of aryl methyl sites for hydroxylation is 1. The highest BCUT2D eigenvalue weighted by Gasteiger charge is 2.24. The zero-order valence-electron chi connectivity index (χ0n) is 17.5. The fraction of sp³-hybridized carbons (Fsp3) is 0.375. The summed E-state index contributed by atoms with van der Waals surface area (Å²) >= 11 is 0. The number of aromatic amines is 1. The Labute approximate surface area is 176 Å². The first-order valence-corrected chi connectivity index (χ1v) is 10.5. The van der Waals surface area contributed by atoms with Crippen LogP contribution in [0.2, 0.25) is 0 Å². The molecular formula is C24H28FN3O2. The number of aromatic nitrogens is 1. The van der Waals surface area contributed by atoms with Crippen molar-refractivity contribution in [2.24, 2.45) is 0 Å². The van der Waals surface area contributed by atoms with Gasteiger partial charge in [-0.25, -0.2) is 4.39 Å². The molecule has 6 heteroatoms. The molecule has 0 unspecified atom stereocenters. The molecule has 30 heavy (non-hydrogen) atoms. The van der Waals surface area contributed by atoms with Crippen molar-refractivity contribution in [3.63, 3.8) is 0 Å². The highest BCUT2D eigenvalue weighted by atomic mass is 19.1. The normalized spacial score (nSPS) is 15.4.